The van der Waals surface area contributed by atoms with Crippen molar-refractivity contribution in [2.45, 2.75) is 18.4 Å². The molecule has 9 heteroatoms. The van der Waals surface area contributed by atoms with E-state index < -0.39 is 28.3 Å². The second kappa shape index (κ2) is 12.7. The number of benzene rings is 5. The Hall–Kier alpha value is -5.02. The van der Waals surface area contributed by atoms with Gasteiger partial charge in [-0.25, -0.2) is 18.2 Å². The predicted octanol–water partition coefficient (Wildman–Crippen LogP) is 6.21. The minimum atomic E-state index is -4.16. The lowest BCUT2D eigenvalue weighted by Crippen LogP contribution is -2.39. The molecule has 0 saturated carbocycles. The number of rotatable bonds is 10. The van der Waals surface area contributed by atoms with Gasteiger partial charge < -0.3 is 4.74 Å². The summed E-state index contributed by atoms with van der Waals surface area (Å²) in [5.41, 5.74) is 5.41. The number of hydrazone groups is 1. The van der Waals surface area contributed by atoms with Gasteiger partial charge in [0.15, 0.2) is 0 Å². The van der Waals surface area contributed by atoms with Gasteiger partial charge in [0.25, 0.3) is 15.9 Å². The van der Waals surface area contributed by atoms with Crippen molar-refractivity contribution in [1.82, 2.24) is 5.43 Å². The van der Waals surface area contributed by atoms with Crippen LogP contribution in [0.3, 0.4) is 0 Å². The summed E-state index contributed by atoms with van der Waals surface area (Å²) in [5.74, 6) is -0.524. The molecule has 5 aromatic rings. The van der Waals surface area contributed by atoms with E-state index in [0.29, 0.717) is 23.6 Å². The number of hydrogen-bond donors (Lipinski definition) is 1. The number of ether oxygens (including phenoxy) is 1. The van der Waals surface area contributed by atoms with Crippen LogP contribution in [0.1, 0.15) is 16.7 Å². The van der Waals surface area contributed by atoms with Gasteiger partial charge in [-0.2, -0.15) is 5.10 Å². The lowest BCUT2D eigenvalue weighted by Gasteiger charge is -2.23. The Kier molecular flexibility index (Phi) is 8.59. The summed E-state index contributed by atoms with van der Waals surface area (Å²) in [4.78, 5) is 12.6. The third kappa shape index (κ3) is 6.82. The van der Waals surface area contributed by atoms with E-state index in [1.54, 1.807) is 36.4 Å². The van der Waals surface area contributed by atoms with Crippen LogP contribution in [0.5, 0.6) is 5.75 Å². The van der Waals surface area contributed by atoms with Crippen LogP contribution < -0.4 is 14.5 Å². The zero-order chi connectivity index (χ0) is 29.5. The van der Waals surface area contributed by atoms with Crippen molar-refractivity contribution in [1.29, 1.82) is 0 Å². The van der Waals surface area contributed by atoms with Crippen LogP contribution in [0, 0.1) is 12.7 Å². The van der Waals surface area contributed by atoms with E-state index in [-0.39, 0.29) is 4.90 Å². The number of aryl methyl sites for hydroxylation is 1. The first kappa shape index (κ1) is 28.5. The molecule has 0 bridgehead atoms. The number of fused-ring (bicyclic) bond motifs is 1. The molecule has 1 amide bonds. The van der Waals surface area contributed by atoms with Crippen molar-refractivity contribution in [3.63, 3.8) is 0 Å². The number of nitrogens with one attached hydrogen (secondary N) is 1. The highest BCUT2D eigenvalue weighted by Gasteiger charge is 2.27. The maximum Gasteiger partial charge on any atom is 0.264 e. The Balaban J connectivity index is 1.22. The number of carbonyl (C=O) groups excluding carboxylic acids is 1. The lowest BCUT2D eigenvalue weighted by molar-refractivity contribution is -0.119. The quantitative estimate of drug-likeness (QED) is 0.157. The van der Waals surface area contributed by atoms with Gasteiger partial charge in [0.2, 0.25) is 0 Å². The van der Waals surface area contributed by atoms with Crippen LogP contribution in [-0.2, 0) is 21.4 Å². The second-order valence-corrected chi connectivity index (χ2v) is 11.5. The van der Waals surface area contributed by atoms with Crippen molar-refractivity contribution in [2.24, 2.45) is 5.10 Å². The van der Waals surface area contributed by atoms with E-state index >= 15 is 0 Å². The number of nitrogens with zero attached hydrogens (tertiary/aromatic N) is 2. The predicted molar refractivity (Wildman–Crippen MR) is 163 cm³/mol. The normalized spacial score (nSPS) is 11.5. The van der Waals surface area contributed by atoms with Crippen molar-refractivity contribution >= 4 is 38.6 Å². The Labute approximate surface area is 243 Å². The maximum atomic E-state index is 13.4. The molecule has 0 heterocycles. The smallest absolute Gasteiger partial charge is 0.264 e. The Morgan fingerprint density at radius 2 is 1.57 bits per heavy atom. The van der Waals surface area contributed by atoms with Crippen molar-refractivity contribution in [2.75, 3.05) is 10.8 Å². The Morgan fingerprint density at radius 3 is 2.31 bits per heavy atom. The lowest BCUT2D eigenvalue weighted by atomic mass is 10.1. The van der Waals surface area contributed by atoms with Gasteiger partial charge in [-0.3, -0.25) is 9.10 Å². The topological polar surface area (TPSA) is 88.1 Å². The third-order valence-corrected chi connectivity index (χ3v) is 8.36. The molecule has 1 N–H and O–H groups in total. The number of sulfonamides is 1. The van der Waals surface area contributed by atoms with E-state index in [2.05, 4.69) is 28.7 Å². The number of halogens is 1. The number of hydrogen-bond acceptors (Lipinski definition) is 5. The molecule has 0 unspecified atom stereocenters. The molecule has 0 fully saturated rings. The molecule has 42 heavy (non-hydrogen) atoms. The highest BCUT2D eigenvalue weighted by molar-refractivity contribution is 7.92. The van der Waals surface area contributed by atoms with Crippen molar-refractivity contribution < 1.29 is 22.3 Å². The molecule has 7 nitrogen and oxygen atoms in total. The second-order valence-electron chi connectivity index (χ2n) is 9.59. The molecule has 0 aromatic heterocycles. The molecule has 5 aromatic carbocycles. The van der Waals surface area contributed by atoms with Crippen LogP contribution in [0.2, 0.25) is 0 Å². The van der Waals surface area contributed by atoms with E-state index in [9.17, 15) is 17.6 Å². The monoisotopic (exact) mass is 581 g/mol. The molecule has 5 rings (SSSR count). The summed E-state index contributed by atoms with van der Waals surface area (Å²) < 4.78 is 47.1. The van der Waals surface area contributed by atoms with E-state index in [1.165, 1.54) is 6.21 Å². The first-order valence-electron chi connectivity index (χ1n) is 13.2. The Morgan fingerprint density at radius 1 is 0.881 bits per heavy atom. The van der Waals surface area contributed by atoms with Crippen LogP contribution in [0.25, 0.3) is 10.8 Å². The summed E-state index contributed by atoms with van der Waals surface area (Å²) in [7, 11) is -4.16. The summed E-state index contributed by atoms with van der Waals surface area (Å²) in [6, 6.07) is 32.6. The summed E-state index contributed by atoms with van der Waals surface area (Å²) in [5, 5.41) is 6.29. The SMILES string of the molecule is Cc1ccc(N(CC(=O)N/N=C\c2ccc(OCc3cccc4ccccc34)cc2)S(=O)(=O)c2ccc(F)cc2)cc1. The molecule has 0 aliphatic carbocycles. The van der Waals surface area contributed by atoms with Crippen molar-refractivity contribution in [3.8, 4) is 5.75 Å². The fourth-order valence-corrected chi connectivity index (χ4v) is 5.75. The first-order valence-corrected chi connectivity index (χ1v) is 14.6. The minimum Gasteiger partial charge on any atom is -0.489 e. The molecule has 0 aliphatic heterocycles. The zero-order valence-electron chi connectivity index (χ0n) is 22.8. The van der Waals surface area contributed by atoms with Gasteiger partial charge in [0.05, 0.1) is 16.8 Å². The van der Waals surface area contributed by atoms with Gasteiger partial charge in [0.1, 0.15) is 24.7 Å². The third-order valence-electron chi connectivity index (χ3n) is 6.57. The van der Waals surface area contributed by atoms with Gasteiger partial charge in [-0.1, -0.05) is 60.2 Å². The largest absolute Gasteiger partial charge is 0.489 e. The maximum absolute atomic E-state index is 13.4. The fraction of sp³-hybridized carbons (Fsp3) is 0.0909. The average molecular weight is 582 g/mol. The van der Waals surface area contributed by atoms with Crippen LogP contribution in [0.4, 0.5) is 10.1 Å². The van der Waals surface area contributed by atoms with Gasteiger partial charge in [-0.05, 0) is 89.5 Å². The molecule has 0 radical (unpaired) electrons. The van der Waals surface area contributed by atoms with Gasteiger partial charge >= 0.3 is 0 Å². The molecule has 212 valence electrons. The summed E-state index contributed by atoms with van der Waals surface area (Å²) >= 11 is 0. The van der Waals surface area contributed by atoms with E-state index in [0.717, 1.165) is 50.5 Å². The van der Waals surface area contributed by atoms with Crippen LogP contribution in [0.15, 0.2) is 125 Å². The average Bonchev–Trinajstić information content (AvgIpc) is 3.00. The standard InChI is InChI=1S/C33H28FN3O4S/c1-24-9-15-29(16-10-24)37(42(39,40)31-19-13-28(34)14-20-31)22-33(38)36-35-21-25-11-17-30(18-12-25)41-23-27-7-4-6-26-5-2-3-8-32(26)27/h2-21H,22-23H2,1H3,(H,36,38)/b35-21-. The molecular formula is C33H28FN3O4S. The molecule has 0 spiro atoms. The van der Waals surface area contributed by atoms with Crippen molar-refractivity contribution in [3.05, 3.63) is 138 Å². The zero-order valence-corrected chi connectivity index (χ0v) is 23.6. The van der Waals surface area contributed by atoms with Gasteiger partial charge in [-0.15, -0.1) is 0 Å². The van der Waals surface area contributed by atoms with Gasteiger partial charge in [0, 0.05) is 0 Å². The number of anilines is 1. The van der Waals surface area contributed by atoms with Crippen LogP contribution in [-0.4, -0.2) is 27.1 Å². The molecule has 0 saturated heterocycles. The summed E-state index contributed by atoms with van der Waals surface area (Å²) in [6.07, 6.45) is 1.46. The Bertz CT molecular complexity index is 1820. The number of amides is 1. The van der Waals surface area contributed by atoms with Crippen LogP contribution >= 0.6 is 0 Å². The minimum absolute atomic E-state index is 0.136. The number of carbonyl (C=O) groups is 1. The molecule has 0 atom stereocenters. The highest BCUT2D eigenvalue weighted by atomic mass is 32.2. The van der Waals surface area contributed by atoms with E-state index in [4.69, 9.17) is 4.74 Å². The first-order chi connectivity index (χ1) is 20.3. The van der Waals surface area contributed by atoms with E-state index in [1.807, 2.05) is 43.3 Å². The fourth-order valence-electron chi connectivity index (χ4n) is 4.33. The summed E-state index contributed by atoms with van der Waals surface area (Å²) in [6.45, 7) is 1.76. The molecular weight excluding hydrogens is 553 g/mol. The molecule has 0 aliphatic rings. The highest BCUT2D eigenvalue weighted by Crippen LogP contribution is 2.24.